The molecule has 0 bridgehead atoms. The van der Waals surface area contributed by atoms with Gasteiger partial charge < -0.3 is 19.3 Å². The lowest BCUT2D eigenvalue weighted by molar-refractivity contribution is 0.0516. The summed E-state index contributed by atoms with van der Waals surface area (Å²) in [5, 5.41) is 7.38. The zero-order valence-corrected chi connectivity index (χ0v) is 11.3. The lowest BCUT2D eigenvalue weighted by atomic mass is 9.96. The molecule has 2 fully saturated rings. The molecule has 2 aliphatic heterocycles. The molecule has 1 N–H and O–H groups in total. The van der Waals surface area contributed by atoms with Gasteiger partial charge in [-0.05, 0) is 26.3 Å². The van der Waals surface area contributed by atoms with E-state index < -0.39 is 0 Å². The minimum absolute atomic E-state index is 0.157. The molecule has 19 heavy (non-hydrogen) atoms. The molecule has 3 atom stereocenters. The Bertz CT molecular complexity index is 404. The molecule has 2 aliphatic rings. The van der Waals surface area contributed by atoms with Crippen molar-refractivity contribution in [3.05, 3.63) is 11.7 Å². The van der Waals surface area contributed by atoms with Crippen molar-refractivity contribution in [3.8, 4) is 0 Å². The number of rotatable bonds is 4. The molecule has 1 aromatic heterocycles. The van der Waals surface area contributed by atoms with Crippen LogP contribution in [0.4, 0.5) is 0 Å². The molecule has 6 heteroatoms. The standard InChI is InChI=1S/C13H21N3O3/c1-14-11-4-6-17-8-10(11)13-15-12(16-19-13)7-9-3-2-5-18-9/h9-11,14H,2-8H2,1H3. The Morgan fingerprint density at radius 2 is 2.26 bits per heavy atom. The summed E-state index contributed by atoms with van der Waals surface area (Å²) >= 11 is 0. The highest BCUT2D eigenvalue weighted by Gasteiger charge is 2.31. The van der Waals surface area contributed by atoms with Crippen molar-refractivity contribution >= 4 is 0 Å². The third-order valence-corrected chi connectivity index (χ3v) is 3.96. The Balaban J connectivity index is 1.65. The van der Waals surface area contributed by atoms with E-state index in [9.17, 15) is 0 Å². The molecular formula is C13H21N3O3. The number of aromatic nitrogens is 2. The van der Waals surface area contributed by atoms with Gasteiger partial charge in [0.1, 0.15) is 0 Å². The van der Waals surface area contributed by atoms with Crippen LogP contribution in [0.3, 0.4) is 0 Å². The van der Waals surface area contributed by atoms with Gasteiger partial charge >= 0.3 is 0 Å². The van der Waals surface area contributed by atoms with Gasteiger partial charge in [0.15, 0.2) is 5.82 Å². The highest BCUT2D eigenvalue weighted by molar-refractivity contribution is 5.01. The minimum atomic E-state index is 0.157. The number of nitrogens with one attached hydrogen (secondary N) is 1. The molecule has 1 aromatic rings. The Morgan fingerprint density at radius 3 is 3.05 bits per heavy atom. The smallest absolute Gasteiger partial charge is 0.233 e. The molecule has 6 nitrogen and oxygen atoms in total. The van der Waals surface area contributed by atoms with E-state index in [4.69, 9.17) is 14.0 Å². The fraction of sp³-hybridized carbons (Fsp3) is 0.846. The highest BCUT2D eigenvalue weighted by Crippen LogP contribution is 2.25. The van der Waals surface area contributed by atoms with Crippen LogP contribution in [0.5, 0.6) is 0 Å². The summed E-state index contributed by atoms with van der Waals surface area (Å²) in [5.74, 6) is 1.60. The normalized spacial score (nSPS) is 31.7. The molecule has 0 aliphatic carbocycles. The molecule has 2 saturated heterocycles. The van der Waals surface area contributed by atoms with Gasteiger partial charge in [-0.15, -0.1) is 0 Å². The second kappa shape index (κ2) is 5.98. The molecule has 0 saturated carbocycles. The summed E-state index contributed by atoms with van der Waals surface area (Å²) in [6.45, 7) is 2.29. The van der Waals surface area contributed by atoms with Crippen LogP contribution in [-0.2, 0) is 15.9 Å². The molecule has 3 unspecified atom stereocenters. The van der Waals surface area contributed by atoms with E-state index >= 15 is 0 Å². The number of hydrogen-bond donors (Lipinski definition) is 1. The predicted octanol–water partition coefficient (Wildman–Crippen LogP) is 0.883. The number of nitrogens with zero attached hydrogens (tertiary/aromatic N) is 2. The lowest BCUT2D eigenvalue weighted by Gasteiger charge is -2.28. The number of hydrogen-bond acceptors (Lipinski definition) is 6. The summed E-state index contributed by atoms with van der Waals surface area (Å²) in [4.78, 5) is 4.52. The van der Waals surface area contributed by atoms with E-state index in [0.29, 0.717) is 18.5 Å². The third kappa shape index (κ3) is 2.96. The van der Waals surface area contributed by atoms with E-state index in [1.165, 1.54) is 0 Å². The van der Waals surface area contributed by atoms with Crippen molar-refractivity contribution in [2.45, 2.75) is 43.7 Å². The summed E-state index contributed by atoms with van der Waals surface area (Å²) < 4.78 is 16.5. The van der Waals surface area contributed by atoms with Crippen LogP contribution in [0.25, 0.3) is 0 Å². The van der Waals surface area contributed by atoms with Crippen LogP contribution in [0.15, 0.2) is 4.52 Å². The number of likely N-dealkylation sites (N-methyl/N-ethyl adjacent to an activating group) is 1. The minimum Gasteiger partial charge on any atom is -0.381 e. The van der Waals surface area contributed by atoms with Gasteiger partial charge in [0.2, 0.25) is 5.89 Å². The van der Waals surface area contributed by atoms with Gasteiger partial charge in [0.05, 0.1) is 18.6 Å². The fourth-order valence-electron chi connectivity index (χ4n) is 2.84. The van der Waals surface area contributed by atoms with Crippen LogP contribution in [0, 0.1) is 0 Å². The van der Waals surface area contributed by atoms with Gasteiger partial charge in [-0.1, -0.05) is 5.16 Å². The van der Waals surface area contributed by atoms with E-state index in [2.05, 4.69) is 15.5 Å². The van der Waals surface area contributed by atoms with Crippen LogP contribution in [0.2, 0.25) is 0 Å². The Hall–Kier alpha value is -0.980. The quantitative estimate of drug-likeness (QED) is 0.873. The second-order valence-electron chi connectivity index (χ2n) is 5.25. The maximum atomic E-state index is 5.60. The molecule has 0 aromatic carbocycles. The summed E-state index contributed by atoms with van der Waals surface area (Å²) in [6.07, 6.45) is 4.21. The van der Waals surface area contributed by atoms with E-state index in [1.807, 2.05) is 7.05 Å². The monoisotopic (exact) mass is 267 g/mol. The molecule has 3 heterocycles. The van der Waals surface area contributed by atoms with Gasteiger partial charge in [0.25, 0.3) is 0 Å². The molecule has 0 spiro atoms. The summed E-state index contributed by atoms with van der Waals surface area (Å²) in [5.41, 5.74) is 0. The van der Waals surface area contributed by atoms with Gasteiger partial charge in [-0.25, -0.2) is 0 Å². The first-order chi connectivity index (χ1) is 9.36. The van der Waals surface area contributed by atoms with Crippen molar-refractivity contribution in [1.82, 2.24) is 15.5 Å². The Morgan fingerprint density at radius 1 is 1.32 bits per heavy atom. The van der Waals surface area contributed by atoms with Crippen molar-refractivity contribution in [2.24, 2.45) is 0 Å². The van der Waals surface area contributed by atoms with Crippen molar-refractivity contribution in [2.75, 3.05) is 26.9 Å². The lowest BCUT2D eigenvalue weighted by Crippen LogP contribution is -2.39. The van der Waals surface area contributed by atoms with Crippen molar-refractivity contribution < 1.29 is 14.0 Å². The topological polar surface area (TPSA) is 69.4 Å². The van der Waals surface area contributed by atoms with Gasteiger partial charge in [0, 0.05) is 25.7 Å². The maximum Gasteiger partial charge on any atom is 0.233 e. The first-order valence-electron chi connectivity index (χ1n) is 7.06. The van der Waals surface area contributed by atoms with Gasteiger partial charge in [-0.3, -0.25) is 0 Å². The first-order valence-corrected chi connectivity index (χ1v) is 7.06. The first kappa shape index (κ1) is 13.0. The van der Waals surface area contributed by atoms with E-state index in [0.717, 1.165) is 44.7 Å². The maximum absolute atomic E-state index is 5.60. The molecule has 0 amide bonds. The zero-order valence-electron chi connectivity index (χ0n) is 11.3. The average molecular weight is 267 g/mol. The SMILES string of the molecule is CNC1CCOCC1c1nc(CC2CCCO2)no1. The van der Waals surface area contributed by atoms with Crippen LogP contribution >= 0.6 is 0 Å². The molecule has 3 rings (SSSR count). The number of ether oxygens (including phenoxy) is 2. The molecular weight excluding hydrogens is 246 g/mol. The van der Waals surface area contributed by atoms with Gasteiger partial charge in [-0.2, -0.15) is 4.98 Å². The van der Waals surface area contributed by atoms with Crippen LogP contribution < -0.4 is 5.32 Å². The zero-order chi connectivity index (χ0) is 13.1. The van der Waals surface area contributed by atoms with Crippen LogP contribution in [0.1, 0.15) is 36.9 Å². The van der Waals surface area contributed by atoms with Crippen molar-refractivity contribution in [3.63, 3.8) is 0 Å². The van der Waals surface area contributed by atoms with Crippen LogP contribution in [-0.4, -0.2) is 49.2 Å². The molecule has 0 radical (unpaired) electrons. The second-order valence-corrected chi connectivity index (χ2v) is 5.25. The third-order valence-electron chi connectivity index (χ3n) is 3.96. The average Bonchev–Trinajstić information content (AvgIpc) is 3.11. The van der Waals surface area contributed by atoms with Crippen molar-refractivity contribution in [1.29, 1.82) is 0 Å². The Labute approximate surface area is 112 Å². The molecule has 106 valence electrons. The largest absolute Gasteiger partial charge is 0.381 e. The Kier molecular flexibility index (Phi) is 4.10. The summed E-state index contributed by atoms with van der Waals surface area (Å²) in [6, 6.07) is 0.352. The highest BCUT2D eigenvalue weighted by atomic mass is 16.5. The predicted molar refractivity (Wildman–Crippen MR) is 68.0 cm³/mol. The van der Waals surface area contributed by atoms with E-state index in [-0.39, 0.29) is 12.0 Å². The van der Waals surface area contributed by atoms with E-state index in [1.54, 1.807) is 0 Å². The fourth-order valence-corrected chi connectivity index (χ4v) is 2.84. The summed E-state index contributed by atoms with van der Waals surface area (Å²) in [7, 11) is 1.96.